The van der Waals surface area contributed by atoms with Gasteiger partial charge in [0.05, 0.1) is 5.56 Å². The molecule has 20 heavy (non-hydrogen) atoms. The average molecular weight is 279 g/mol. The summed E-state index contributed by atoms with van der Waals surface area (Å²) in [6.45, 7) is 5.18. The van der Waals surface area contributed by atoms with Crippen LogP contribution in [-0.2, 0) is 4.74 Å². The Kier molecular flexibility index (Phi) is 3.26. The minimum atomic E-state index is -1.13. The van der Waals surface area contributed by atoms with E-state index in [2.05, 4.69) is 20.4 Å². The molecule has 0 aliphatic rings. The lowest BCUT2D eigenvalue weighted by Gasteiger charge is -2.18. The highest BCUT2D eigenvalue weighted by molar-refractivity contribution is 5.87. The first kappa shape index (κ1) is 13.7. The van der Waals surface area contributed by atoms with Crippen molar-refractivity contribution < 1.29 is 19.4 Å². The van der Waals surface area contributed by atoms with Crippen LogP contribution in [0.15, 0.2) is 12.4 Å². The zero-order valence-corrected chi connectivity index (χ0v) is 11.1. The Morgan fingerprint density at radius 2 is 2.10 bits per heavy atom. The molecule has 9 nitrogen and oxygen atoms in total. The number of carbonyl (C=O) groups excluding carboxylic acids is 1. The molecule has 1 amide bonds. The van der Waals surface area contributed by atoms with E-state index in [1.807, 2.05) is 0 Å². The number of nitrogens with one attached hydrogen (secondary N) is 1. The maximum Gasteiger partial charge on any atom is 0.414 e. The van der Waals surface area contributed by atoms with Gasteiger partial charge in [0.25, 0.3) is 11.7 Å². The van der Waals surface area contributed by atoms with Gasteiger partial charge in [-0.3, -0.25) is 5.32 Å². The van der Waals surface area contributed by atoms with E-state index in [-0.39, 0.29) is 17.3 Å². The molecule has 0 atom stereocenters. The maximum atomic E-state index is 11.5. The van der Waals surface area contributed by atoms with Crippen LogP contribution in [0.2, 0.25) is 0 Å². The number of aromatic nitrogens is 4. The number of carbonyl (C=O) groups is 2. The fourth-order valence-corrected chi connectivity index (χ4v) is 1.34. The summed E-state index contributed by atoms with van der Waals surface area (Å²) in [5.41, 5.74) is -0.677. The third-order valence-corrected chi connectivity index (χ3v) is 2.05. The molecule has 0 fully saturated rings. The van der Waals surface area contributed by atoms with E-state index in [9.17, 15) is 9.59 Å². The van der Waals surface area contributed by atoms with Gasteiger partial charge in [0.2, 0.25) is 0 Å². The van der Waals surface area contributed by atoms with Crippen LogP contribution in [0, 0.1) is 0 Å². The zero-order valence-electron chi connectivity index (χ0n) is 11.1. The summed E-state index contributed by atoms with van der Waals surface area (Å²) in [6, 6.07) is 0. The number of rotatable bonds is 2. The van der Waals surface area contributed by atoms with E-state index >= 15 is 0 Å². The Labute approximate surface area is 113 Å². The third-order valence-electron chi connectivity index (χ3n) is 2.05. The van der Waals surface area contributed by atoms with E-state index in [4.69, 9.17) is 9.84 Å². The van der Waals surface area contributed by atoms with Gasteiger partial charge in [-0.25, -0.2) is 19.1 Å². The number of ether oxygens (including phenoxy) is 1. The molecule has 0 bridgehead atoms. The molecule has 2 N–H and O–H groups in total. The predicted molar refractivity (Wildman–Crippen MR) is 67.6 cm³/mol. The van der Waals surface area contributed by atoms with Gasteiger partial charge in [0.1, 0.15) is 5.60 Å². The average Bonchev–Trinajstić information content (AvgIpc) is 2.66. The van der Waals surface area contributed by atoms with Crippen LogP contribution in [-0.4, -0.2) is 42.4 Å². The monoisotopic (exact) mass is 279 g/mol. The smallest absolute Gasteiger partial charge is 0.414 e. The summed E-state index contributed by atoms with van der Waals surface area (Å²) in [7, 11) is 0. The van der Waals surface area contributed by atoms with Crippen LogP contribution in [0.3, 0.4) is 0 Å². The third kappa shape index (κ3) is 3.19. The summed E-state index contributed by atoms with van der Waals surface area (Å²) in [6.07, 6.45) is 1.70. The van der Waals surface area contributed by atoms with Crippen molar-refractivity contribution >= 4 is 23.8 Å². The molecule has 0 radical (unpaired) electrons. The van der Waals surface area contributed by atoms with Crippen LogP contribution >= 0.6 is 0 Å². The molecule has 0 unspecified atom stereocenters. The van der Waals surface area contributed by atoms with Gasteiger partial charge in [-0.2, -0.15) is 4.98 Å². The lowest BCUT2D eigenvalue weighted by atomic mass is 10.2. The van der Waals surface area contributed by atoms with Gasteiger partial charge in [-0.05, 0) is 20.8 Å². The fraction of sp³-hybridized carbons (Fsp3) is 0.364. The summed E-state index contributed by atoms with van der Waals surface area (Å²) in [5, 5.41) is 15.1. The zero-order chi connectivity index (χ0) is 14.9. The first-order valence-electron chi connectivity index (χ1n) is 5.70. The van der Waals surface area contributed by atoms with Crippen molar-refractivity contribution in [1.29, 1.82) is 0 Å². The molecular weight excluding hydrogens is 266 g/mol. The van der Waals surface area contributed by atoms with Gasteiger partial charge >= 0.3 is 12.1 Å². The second-order valence-electron chi connectivity index (χ2n) is 4.95. The molecular formula is C11H13N5O4. The Morgan fingerprint density at radius 3 is 2.70 bits per heavy atom. The number of amides is 1. The number of carboxylic acid groups (broad SMARTS) is 1. The maximum absolute atomic E-state index is 11.5. The number of hydrogen-bond donors (Lipinski definition) is 2. The molecule has 2 heterocycles. The van der Waals surface area contributed by atoms with E-state index in [1.54, 1.807) is 20.8 Å². The molecule has 0 spiro atoms. The van der Waals surface area contributed by atoms with E-state index < -0.39 is 17.7 Å². The molecule has 2 aromatic heterocycles. The SMILES string of the molecule is CC(C)(C)OC(=O)Nc1nc2ncc(C(=O)O)cn2n1. The number of carboxylic acids is 1. The van der Waals surface area contributed by atoms with Crippen LogP contribution in [0.5, 0.6) is 0 Å². The van der Waals surface area contributed by atoms with Crippen molar-refractivity contribution in [1.82, 2.24) is 19.6 Å². The molecule has 2 aromatic rings. The number of aromatic carboxylic acids is 1. The minimum Gasteiger partial charge on any atom is -0.478 e. The first-order chi connectivity index (χ1) is 9.24. The normalized spacial score (nSPS) is 11.3. The summed E-state index contributed by atoms with van der Waals surface area (Å²) in [4.78, 5) is 30.1. The number of nitrogens with zero attached hydrogens (tertiary/aromatic N) is 4. The van der Waals surface area contributed by atoms with E-state index in [1.165, 1.54) is 6.20 Å². The Hall–Kier alpha value is -2.71. The predicted octanol–water partition coefficient (Wildman–Crippen LogP) is 1.17. The van der Waals surface area contributed by atoms with Crippen LogP contribution < -0.4 is 5.32 Å². The Bertz CT molecular complexity index is 673. The van der Waals surface area contributed by atoms with Crippen LogP contribution in [0.4, 0.5) is 10.7 Å². The number of fused-ring (bicyclic) bond motifs is 1. The van der Waals surface area contributed by atoms with E-state index in [0.717, 1.165) is 10.7 Å². The second-order valence-corrected chi connectivity index (χ2v) is 4.95. The van der Waals surface area contributed by atoms with E-state index in [0.29, 0.717) is 0 Å². The molecule has 0 aliphatic heterocycles. The number of anilines is 1. The minimum absolute atomic E-state index is 0.0192. The molecule has 2 rings (SSSR count). The van der Waals surface area contributed by atoms with Crippen molar-refractivity contribution in [2.45, 2.75) is 26.4 Å². The molecule has 0 aliphatic carbocycles. The van der Waals surface area contributed by atoms with Crippen molar-refractivity contribution in [2.75, 3.05) is 5.32 Å². The largest absolute Gasteiger partial charge is 0.478 e. The first-order valence-corrected chi connectivity index (χ1v) is 5.70. The molecule has 106 valence electrons. The molecule has 0 aromatic carbocycles. The van der Waals surface area contributed by atoms with Crippen molar-refractivity contribution in [2.24, 2.45) is 0 Å². The topological polar surface area (TPSA) is 119 Å². The van der Waals surface area contributed by atoms with Gasteiger partial charge in [-0.15, -0.1) is 5.10 Å². The van der Waals surface area contributed by atoms with Crippen LogP contribution in [0.1, 0.15) is 31.1 Å². The van der Waals surface area contributed by atoms with Crippen molar-refractivity contribution in [3.8, 4) is 0 Å². The summed E-state index contributed by atoms with van der Waals surface area (Å²) in [5.74, 6) is -0.980. The highest BCUT2D eigenvalue weighted by Crippen LogP contribution is 2.10. The standard InChI is InChI=1S/C11H13N5O4/c1-11(2,3)20-10(19)14-8-13-9-12-4-6(7(17)18)5-16(9)15-8/h4-5H,1-3H3,(H,17,18)(H,14,15,19). The summed E-state index contributed by atoms with van der Waals surface area (Å²) >= 11 is 0. The lowest BCUT2D eigenvalue weighted by molar-refractivity contribution is 0.0632. The quantitative estimate of drug-likeness (QED) is 0.846. The Balaban J connectivity index is 2.20. The molecule has 9 heteroatoms. The molecule has 0 saturated carbocycles. The number of hydrogen-bond acceptors (Lipinski definition) is 6. The van der Waals surface area contributed by atoms with Crippen molar-refractivity contribution in [3.05, 3.63) is 18.0 Å². The fourth-order valence-electron chi connectivity index (χ4n) is 1.34. The van der Waals surface area contributed by atoms with Gasteiger partial charge < -0.3 is 9.84 Å². The highest BCUT2D eigenvalue weighted by atomic mass is 16.6. The Morgan fingerprint density at radius 1 is 1.40 bits per heavy atom. The second kappa shape index (κ2) is 4.76. The van der Waals surface area contributed by atoms with Crippen molar-refractivity contribution in [3.63, 3.8) is 0 Å². The van der Waals surface area contributed by atoms with Gasteiger partial charge in [-0.1, -0.05) is 0 Å². The van der Waals surface area contributed by atoms with Gasteiger partial charge in [0, 0.05) is 12.4 Å². The summed E-state index contributed by atoms with van der Waals surface area (Å²) < 4.78 is 6.21. The van der Waals surface area contributed by atoms with Gasteiger partial charge in [0.15, 0.2) is 0 Å². The highest BCUT2D eigenvalue weighted by Gasteiger charge is 2.18. The van der Waals surface area contributed by atoms with Crippen LogP contribution in [0.25, 0.3) is 5.78 Å². The lowest BCUT2D eigenvalue weighted by Crippen LogP contribution is -2.27. The molecule has 0 saturated heterocycles.